The second-order valence-electron chi connectivity index (χ2n) is 12.1. The number of pyridine rings is 2. The van der Waals surface area contributed by atoms with E-state index in [1.54, 1.807) is 24.5 Å². The summed E-state index contributed by atoms with van der Waals surface area (Å²) in [6, 6.07) is 34.1. The highest BCUT2D eigenvalue weighted by molar-refractivity contribution is 9.10. The van der Waals surface area contributed by atoms with Crippen LogP contribution in [0.4, 0.5) is 11.4 Å². The van der Waals surface area contributed by atoms with Crippen molar-refractivity contribution in [3.63, 3.8) is 0 Å². The van der Waals surface area contributed by atoms with Crippen molar-refractivity contribution in [2.24, 2.45) is 4.99 Å². The van der Waals surface area contributed by atoms with E-state index in [1.807, 2.05) is 65.6 Å². The van der Waals surface area contributed by atoms with Gasteiger partial charge in [0.1, 0.15) is 11.4 Å². The number of aromatic nitrogens is 2. The summed E-state index contributed by atoms with van der Waals surface area (Å²) in [5, 5.41) is 6.44. The van der Waals surface area contributed by atoms with Gasteiger partial charge in [-0.05, 0) is 63.7 Å². The Morgan fingerprint density at radius 1 is 0.840 bits per heavy atom. The van der Waals surface area contributed by atoms with Gasteiger partial charge >= 0.3 is 0 Å². The minimum atomic E-state index is -0.965. The van der Waals surface area contributed by atoms with Crippen LogP contribution in [0.3, 0.4) is 0 Å². The number of fused-ring (bicyclic) bond motifs is 1. The van der Waals surface area contributed by atoms with Crippen LogP contribution in [0.15, 0.2) is 137 Å². The van der Waals surface area contributed by atoms with Gasteiger partial charge in [-0.15, -0.1) is 0 Å². The molecule has 0 radical (unpaired) electrons. The smallest absolute Gasteiger partial charge is 0.257 e. The first-order chi connectivity index (χ1) is 24.4. The molecule has 0 bridgehead atoms. The van der Waals surface area contributed by atoms with Crippen LogP contribution in [0.1, 0.15) is 65.9 Å². The Balaban J connectivity index is 1.53. The summed E-state index contributed by atoms with van der Waals surface area (Å²) in [5.41, 5.74) is 4.55. The van der Waals surface area contributed by atoms with Gasteiger partial charge in [0, 0.05) is 41.9 Å². The summed E-state index contributed by atoms with van der Waals surface area (Å²) in [4.78, 5) is 44.1. The van der Waals surface area contributed by atoms with Gasteiger partial charge in [0.15, 0.2) is 0 Å². The molecule has 3 heterocycles. The van der Waals surface area contributed by atoms with E-state index in [0.29, 0.717) is 47.1 Å². The van der Waals surface area contributed by atoms with Crippen molar-refractivity contribution in [1.82, 2.24) is 14.9 Å². The quantitative estimate of drug-likeness (QED) is 0.133. The summed E-state index contributed by atoms with van der Waals surface area (Å²) in [7, 11) is 0. The molecule has 6 rings (SSSR count). The number of halogens is 1. The third-order valence-corrected chi connectivity index (χ3v) is 8.95. The molecule has 8 nitrogen and oxygen atoms in total. The van der Waals surface area contributed by atoms with Gasteiger partial charge in [0.2, 0.25) is 5.91 Å². The summed E-state index contributed by atoms with van der Waals surface area (Å²) in [6.45, 7) is 5.45. The van der Waals surface area contributed by atoms with Crippen LogP contribution in [0.5, 0.6) is 0 Å². The molecule has 0 saturated heterocycles. The molecular weight excluding hydrogens is 688 g/mol. The summed E-state index contributed by atoms with van der Waals surface area (Å²) < 4.78 is 0.749. The molecule has 5 aromatic rings. The molecule has 3 aromatic carbocycles. The van der Waals surface area contributed by atoms with Crippen molar-refractivity contribution in [3.05, 3.63) is 160 Å². The van der Waals surface area contributed by atoms with Crippen LogP contribution >= 0.6 is 15.9 Å². The number of nitrogens with zero attached hydrogens (tertiary/aromatic N) is 4. The van der Waals surface area contributed by atoms with E-state index in [9.17, 15) is 9.59 Å². The molecule has 50 heavy (non-hydrogen) atoms. The van der Waals surface area contributed by atoms with Crippen LogP contribution in [0.25, 0.3) is 6.08 Å². The zero-order valence-corrected chi connectivity index (χ0v) is 29.7. The van der Waals surface area contributed by atoms with Crippen LogP contribution in [-0.4, -0.2) is 45.6 Å². The van der Waals surface area contributed by atoms with Crippen LogP contribution < -0.4 is 10.6 Å². The number of aliphatic imine (C=N–C) groups is 1. The molecule has 0 unspecified atom stereocenters. The highest BCUT2D eigenvalue weighted by Crippen LogP contribution is 2.41. The molecule has 0 fully saturated rings. The summed E-state index contributed by atoms with van der Waals surface area (Å²) in [5.74, 6) is 0.184. The van der Waals surface area contributed by atoms with E-state index >= 15 is 0 Å². The summed E-state index contributed by atoms with van der Waals surface area (Å²) in [6.07, 6.45) is 8.52. The monoisotopic (exact) mass is 726 g/mol. The Kier molecular flexibility index (Phi) is 10.9. The molecule has 2 aromatic heterocycles. The SMILES string of the molecule is CCCN(CCC)C(=O)C1=Cc2ncc(C(=O)Nc3cncc(Br)c3)cc2NC(=NC(c2ccccc2)(c2ccccc2)c2ccccc2)C1. The first-order valence-corrected chi connectivity index (χ1v) is 17.6. The lowest BCUT2D eigenvalue weighted by molar-refractivity contribution is -0.127. The first-order valence-electron chi connectivity index (χ1n) is 16.9. The molecule has 0 atom stereocenters. The molecule has 0 spiro atoms. The molecular formula is C41H39BrN6O2. The van der Waals surface area contributed by atoms with E-state index in [4.69, 9.17) is 9.98 Å². The normalized spacial score (nSPS) is 13.4. The third kappa shape index (κ3) is 7.58. The Morgan fingerprint density at radius 2 is 1.42 bits per heavy atom. The lowest BCUT2D eigenvalue weighted by atomic mass is 9.77. The minimum absolute atomic E-state index is 0.0495. The standard InChI is InChI=1S/C41H39BrN6O2/c1-3-20-48(21-4-2)40(50)29-22-36-37(23-30(26-44-36)39(49)45-35-25-34(42)27-43-28-35)46-38(24-29)47-41(31-14-8-5-9-15-31,32-16-10-6-11-17-32)33-18-12-7-13-19-33/h5-19,22-23,25-28H,3-4,20-21,24H2,1-2H3,(H,45,49)(H,46,47). The molecule has 1 aliphatic rings. The van der Waals surface area contributed by atoms with Crippen molar-refractivity contribution >= 4 is 51.0 Å². The topological polar surface area (TPSA) is 99.6 Å². The molecule has 252 valence electrons. The lowest BCUT2D eigenvalue weighted by Gasteiger charge is -2.33. The van der Waals surface area contributed by atoms with E-state index in [-0.39, 0.29) is 18.2 Å². The fraction of sp³-hybridized carbons (Fsp3) is 0.195. The number of amidine groups is 1. The highest BCUT2D eigenvalue weighted by Gasteiger charge is 2.37. The van der Waals surface area contributed by atoms with Gasteiger partial charge in [0.05, 0.1) is 28.8 Å². The van der Waals surface area contributed by atoms with Crippen molar-refractivity contribution in [2.45, 2.75) is 38.6 Å². The average molecular weight is 728 g/mol. The van der Waals surface area contributed by atoms with Gasteiger partial charge in [-0.1, -0.05) is 105 Å². The van der Waals surface area contributed by atoms with Crippen molar-refractivity contribution in [1.29, 1.82) is 0 Å². The maximum Gasteiger partial charge on any atom is 0.257 e. The Bertz CT molecular complexity index is 1910. The fourth-order valence-corrected chi connectivity index (χ4v) is 6.66. The zero-order chi connectivity index (χ0) is 34.9. The minimum Gasteiger partial charge on any atom is -0.342 e. The first kappa shape index (κ1) is 34.5. The molecule has 1 aliphatic heterocycles. The number of benzene rings is 3. The number of rotatable bonds is 11. The van der Waals surface area contributed by atoms with E-state index in [1.165, 1.54) is 6.20 Å². The second kappa shape index (κ2) is 15.9. The Morgan fingerprint density at radius 3 is 1.96 bits per heavy atom. The number of hydrogen-bond donors (Lipinski definition) is 2. The van der Waals surface area contributed by atoms with Crippen LogP contribution in [-0.2, 0) is 10.3 Å². The number of nitrogens with one attached hydrogen (secondary N) is 2. The molecule has 2 amide bonds. The lowest BCUT2D eigenvalue weighted by Crippen LogP contribution is -2.35. The predicted molar refractivity (Wildman–Crippen MR) is 204 cm³/mol. The van der Waals surface area contributed by atoms with Gasteiger partial charge in [-0.3, -0.25) is 24.5 Å². The fourth-order valence-electron chi connectivity index (χ4n) is 6.29. The van der Waals surface area contributed by atoms with Crippen molar-refractivity contribution in [3.8, 4) is 0 Å². The number of anilines is 2. The van der Waals surface area contributed by atoms with Crippen molar-refractivity contribution < 1.29 is 9.59 Å². The van der Waals surface area contributed by atoms with E-state index in [0.717, 1.165) is 34.0 Å². The van der Waals surface area contributed by atoms with Gasteiger partial charge < -0.3 is 15.5 Å². The number of carbonyl (C=O) groups excluding carboxylic acids is 2. The Hall–Kier alpha value is -5.41. The number of carbonyl (C=O) groups is 2. The van der Waals surface area contributed by atoms with Gasteiger partial charge in [0.25, 0.3) is 5.91 Å². The van der Waals surface area contributed by atoms with Crippen LogP contribution in [0, 0.1) is 0 Å². The molecule has 9 heteroatoms. The summed E-state index contributed by atoms with van der Waals surface area (Å²) >= 11 is 3.41. The van der Waals surface area contributed by atoms with E-state index < -0.39 is 5.54 Å². The number of hydrogen-bond acceptors (Lipinski definition) is 5. The van der Waals surface area contributed by atoms with E-state index in [2.05, 4.69) is 81.8 Å². The largest absolute Gasteiger partial charge is 0.342 e. The third-order valence-electron chi connectivity index (χ3n) is 8.52. The highest BCUT2D eigenvalue weighted by atomic mass is 79.9. The van der Waals surface area contributed by atoms with Gasteiger partial charge in [-0.25, -0.2) is 0 Å². The molecule has 0 aliphatic carbocycles. The Labute approximate surface area is 301 Å². The van der Waals surface area contributed by atoms with Crippen molar-refractivity contribution in [2.75, 3.05) is 23.7 Å². The zero-order valence-electron chi connectivity index (χ0n) is 28.1. The maximum atomic E-state index is 14.2. The van der Waals surface area contributed by atoms with Gasteiger partial charge in [-0.2, -0.15) is 0 Å². The predicted octanol–water partition coefficient (Wildman–Crippen LogP) is 8.73. The maximum absolute atomic E-state index is 14.2. The molecule has 2 N–H and O–H groups in total. The average Bonchev–Trinajstić information content (AvgIpc) is 3.33. The second-order valence-corrected chi connectivity index (χ2v) is 13.0. The van der Waals surface area contributed by atoms with Crippen LogP contribution in [0.2, 0.25) is 0 Å². The number of amides is 2. The molecule has 0 saturated carbocycles.